The molecule has 1 saturated carbocycles. The molecule has 1 aliphatic carbocycles. The second-order valence-electron chi connectivity index (χ2n) is 5.58. The van der Waals surface area contributed by atoms with Crippen molar-refractivity contribution in [1.29, 1.82) is 0 Å². The van der Waals surface area contributed by atoms with E-state index in [0.29, 0.717) is 35.7 Å². The fourth-order valence-electron chi connectivity index (χ4n) is 2.99. The summed E-state index contributed by atoms with van der Waals surface area (Å²) in [4.78, 5) is 0.166. The van der Waals surface area contributed by atoms with Gasteiger partial charge in [-0.2, -0.15) is 0 Å². The summed E-state index contributed by atoms with van der Waals surface area (Å²) in [7, 11) is -3.64. The predicted molar refractivity (Wildman–Crippen MR) is 85.6 cm³/mol. The lowest BCUT2D eigenvalue weighted by Gasteiger charge is -2.22. The summed E-state index contributed by atoms with van der Waals surface area (Å²) in [5, 5.41) is 0. The van der Waals surface area contributed by atoms with Gasteiger partial charge >= 0.3 is 0 Å². The van der Waals surface area contributed by atoms with Crippen LogP contribution in [0.15, 0.2) is 21.5 Å². The number of hydrogen-bond acceptors (Lipinski definition) is 5. The summed E-state index contributed by atoms with van der Waals surface area (Å²) >= 11 is 3.31. The van der Waals surface area contributed by atoms with Crippen LogP contribution in [0.25, 0.3) is 0 Å². The standard InChI is InChI=1S/C14H19BrN2O4S/c15-10-6-12-13(21-5-4-20-12)7-14(10)22(18,19)17-11-3-1-2-9(11)8-16/h6-7,9,11,17H,1-5,8,16H2/t9-,11+/m1/s1. The van der Waals surface area contributed by atoms with Crippen molar-refractivity contribution in [3.8, 4) is 11.5 Å². The van der Waals surface area contributed by atoms with Crippen LogP contribution in [0.5, 0.6) is 11.5 Å². The summed E-state index contributed by atoms with van der Waals surface area (Å²) in [5.74, 6) is 1.21. The van der Waals surface area contributed by atoms with E-state index in [1.165, 1.54) is 6.07 Å². The molecule has 8 heteroatoms. The molecule has 6 nitrogen and oxygen atoms in total. The molecule has 122 valence electrons. The zero-order valence-corrected chi connectivity index (χ0v) is 14.5. The van der Waals surface area contributed by atoms with Gasteiger partial charge in [0.2, 0.25) is 10.0 Å². The number of sulfonamides is 1. The third-order valence-corrected chi connectivity index (χ3v) is 6.60. The van der Waals surface area contributed by atoms with Crippen LogP contribution in [0.4, 0.5) is 0 Å². The largest absolute Gasteiger partial charge is 0.486 e. The summed E-state index contributed by atoms with van der Waals surface area (Å²) in [6, 6.07) is 3.04. The SMILES string of the molecule is NC[C@H]1CCC[C@@H]1NS(=O)(=O)c1cc2c(cc1Br)OCCO2. The molecule has 1 heterocycles. The number of hydrogen-bond donors (Lipinski definition) is 2. The molecule has 1 aliphatic heterocycles. The molecule has 1 aromatic carbocycles. The van der Waals surface area contributed by atoms with Gasteiger partial charge in [-0.25, -0.2) is 13.1 Å². The summed E-state index contributed by atoms with van der Waals surface area (Å²) in [6.07, 6.45) is 2.78. The van der Waals surface area contributed by atoms with Gasteiger partial charge in [-0.05, 0) is 47.3 Å². The molecule has 22 heavy (non-hydrogen) atoms. The highest BCUT2D eigenvalue weighted by Crippen LogP contribution is 2.38. The lowest BCUT2D eigenvalue weighted by Crippen LogP contribution is -2.39. The fraction of sp³-hybridized carbons (Fsp3) is 0.571. The van der Waals surface area contributed by atoms with Gasteiger partial charge < -0.3 is 15.2 Å². The summed E-state index contributed by atoms with van der Waals surface area (Å²) in [6.45, 7) is 1.37. The number of benzene rings is 1. The van der Waals surface area contributed by atoms with Crippen LogP contribution in [-0.2, 0) is 10.0 Å². The first-order valence-electron chi connectivity index (χ1n) is 7.33. The number of ether oxygens (including phenoxy) is 2. The molecule has 0 amide bonds. The molecule has 0 spiro atoms. The summed E-state index contributed by atoms with van der Waals surface area (Å²) in [5.41, 5.74) is 5.72. The molecule has 3 rings (SSSR count). The number of nitrogens with one attached hydrogen (secondary N) is 1. The number of nitrogens with two attached hydrogens (primary N) is 1. The van der Waals surface area contributed by atoms with Crippen molar-refractivity contribution < 1.29 is 17.9 Å². The molecular formula is C14H19BrN2O4S. The molecular weight excluding hydrogens is 372 g/mol. The van der Waals surface area contributed by atoms with Crippen LogP contribution < -0.4 is 19.9 Å². The predicted octanol–water partition coefficient (Wildman–Crippen LogP) is 1.63. The van der Waals surface area contributed by atoms with Crippen LogP contribution in [0.3, 0.4) is 0 Å². The normalized spacial score (nSPS) is 24.5. The van der Waals surface area contributed by atoms with Gasteiger partial charge in [0.15, 0.2) is 11.5 Å². The Kier molecular flexibility index (Phi) is 4.63. The number of fused-ring (bicyclic) bond motifs is 1. The van der Waals surface area contributed by atoms with Crippen molar-refractivity contribution in [3.63, 3.8) is 0 Å². The van der Waals surface area contributed by atoms with Crippen molar-refractivity contribution >= 4 is 26.0 Å². The zero-order chi connectivity index (χ0) is 15.7. The average molecular weight is 391 g/mol. The van der Waals surface area contributed by atoms with Gasteiger partial charge in [0.1, 0.15) is 18.1 Å². The third-order valence-electron chi connectivity index (χ3n) is 4.15. The number of halogens is 1. The van der Waals surface area contributed by atoms with Gasteiger partial charge in [0.25, 0.3) is 0 Å². The molecule has 0 unspecified atom stereocenters. The average Bonchev–Trinajstić information content (AvgIpc) is 2.92. The molecule has 1 fully saturated rings. The van der Waals surface area contributed by atoms with Gasteiger partial charge in [0.05, 0.1) is 0 Å². The number of rotatable bonds is 4. The van der Waals surface area contributed by atoms with Crippen molar-refractivity contribution in [2.45, 2.75) is 30.2 Å². The van der Waals surface area contributed by atoms with Gasteiger partial charge in [-0.15, -0.1) is 0 Å². The van der Waals surface area contributed by atoms with Crippen LogP contribution >= 0.6 is 15.9 Å². The van der Waals surface area contributed by atoms with E-state index in [4.69, 9.17) is 15.2 Å². The molecule has 0 bridgehead atoms. The van der Waals surface area contributed by atoms with E-state index in [-0.39, 0.29) is 16.9 Å². The van der Waals surface area contributed by atoms with Gasteiger partial charge in [-0.1, -0.05) is 6.42 Å². The Hall–Kier alpha value is -0.830. The summed E-state index contributed by atoms with van der Waals surface area (Å²) < 4.78 is 39.5. The zero-order valence-electron chi connectivity index (χ0n) is 12.0. The minimum atomic E-state index is -3.64. The van der Waals surface area contributed by atoms with Crippen molar-refractivity contribution in [2.24, 2.45) is 11.7 Å². The van der Waals surface area contributed by atoms with E-state index in [1.807, 2.05) is 0 Å². The molecule has 0 radical (unpaired) electrons. The maximum atomic E-state index is 12.7. The van der Waals surface area contributed by atoms with E-state index in [0.717, 1.165) is 19.3 Å². The van der Waals surface area contributed by atoms with E-state index in [1.54, 1.807) is 6.07 Å². The van der Waals surface area contributed by atoms with E-state index >= 15 is 0 Å². The minimum absolute atomic E-state index is 0.102. The van der Waals surface area contributed by atoms with Crippen molar-refractivity contribution in [2.75, 3.05) is 19.8 Å². The van der Waals surface area contributed by atoms with Crippen LogP contribution in [0.1, 0.15) is 19.3 Å². The van der Waals surface area contributed by atoms with Gasteiger partial charge in [0, 0.05) is 16.6 Å². The van der Waals surface area contributed by atoms with E-state index in [2.05, 4.69) is 20.7 Å². The van der Waals surface area contributed by atoms with Gasteiger partial charge in [-0.3, -0.25) is 0 Å². The fourth-order valence-corrected chi connectivity index (χ4v) is 5.36. The minimum Gasteiger partial charge on any atom is -0.486 e. The second kappa shape index (κ2) is 6.35. The first-order valence-corrected chi connectivity index (χ1v) is 9.60. The third kappa shape index (κ3) is 3.10. The molecule has 2 atom stereocenters. The maximum Gasteiger partial charge on any atom is 0.242 e. The Morgan fingerprint density at radius 1 is 1.23 bits per heavy atom. The smallest absolute Gasteiger partial charge is 0.242 e. The molecule has 0 aromatic heterocycles. The first kappa shape index (κ1) is 16.0. The highest BCUT2D eigenvalue weighted by Gasteiger charge is 2.32. The second-order valence-corrected chi connectivity index (χ2v) is 8.12. The van der Waals surface area contributed by atoms with Crippen molar-refractivity contribution in [3.05, 3.63) is 16.6 Å². The van der Waals surface area contributed by atoms with Crippen LogP contribution in [-0.4, -0.2) is 34.2 Å². The monoisotopic (exact) mass is 390 g/mol. The Bertz CT molecular complexity index is 665. The van der Waals surface area contributed by atoms with E-state index < -0.39 is 10.0 Å². The van der Waals surface area contributed by atoms with Crippen LogP contribution in [0, 0.1) is 5.92 Å². The molecule has 1 aromatic rings. The van der Waals surface area contributed by atoms with E-state index in [9.17, 15) is 8.42 Å². The Morgan fingerprint density at radius 2 is 1.91 bits per heavy atom. The Morgan fingerprint density at radius 3 is 2.59 bits per heavy atom. The quantitative estimate of drug-likeness (QED) is 0.814. The first-order chi connectivity index (χ1) is 10.5. The lowest BCUT2D eigenvalue weighted by molar-refractivity contribution is 0.171. The molecule has 3 N–H and O–H groups in total. The Labute approximate surface area is 138 Å². The molecule has 2 aliphatic rings. The Balaban J connectivity index is 1.88. The van der Waals surface area contributed by atoms with Crippen molar-refractivity contribution in [1.82, 2.24) is 4.72 Å². The molecule has 0 saturated heterocycles. The highest BCUT2D eigenvalue weighted by molar-refractivity contribution is 9.10. The highest BCUT2D eigenvalue weighted by atomic mass is 79.9. The van der Waals surface area contributed by atoms with Crippen LogP contribution in [0.2, 0.25) is 0 Å². The topological polar surface area (TPSA) is 90.7 Å². The lowest BCUT2D eigenvalue weighted by atomic mass is 10.1. The maximum absolute atomic E-state index is 12.7.